The van der Waals surface area contributed by atoms with Crippen molar-refractivity contribution in [2.75, 3.05) is 0 Å². The van der Waals surface area contributed by atoms with Crippen LogP contribution >= 0.6 is 11.6 Å². The Kier molecular flexibility index (Phi) is 5.69. The van der Waals surface area contributed by atoms with Gasteiger partial charge in [-0.25, -0.2) is 0 Å². The summed E-state index contributed by atoms with van der Waals surface area (Å²) in [5.41, 5.74) is 4.28. The molecule has 2 nitrogen and oxygen atoms in total. The van der Waals surface area contributed by atoms with E-state index < -0.39 is 0 Å². The van der Waals surface area contributed by atoms with Crippen LogP contribution in [0.15, 0.2) is 54.7 Å². The molecule has 144 valence electrons. The van der Waals surface area contributed by atoms with Gasteiger partial charge in [-0.1, -0.05) is 62.7 Å². The van der Waals surface area contributed by atoms with Gasteiger partial charge in [-0.3, -0.25) is 0 Å². The zero-order valence-corrected chi connectivity index (χ0v) is 17.9. The molecule has 0 saturated heterocycles. The molecule has 2 aromatic carbocycles. The third-order valence-corrected chi connectivity index (χ3v) is 5.12. The van der Waals surface area contributed by atoms with E-state index in [0.29, 0.717) is 5.41 Å². The van der Waals surface area contributed by atoms with Gasteiger partial charge in [0, 0.05) is 40.8 Å². The van der Waals surface area contributed by atoms with Crippen molar-refractivity contribution in [1.29, 1.82) is 0 Å². The highest BCUT2D eigenvalue weighted by Gasteiger charge is 2.25. The van der Waals surface area contributed by atoms with Crippen LogP contribution in [0.3, 0.4) is 0 Å². The zero-order valence-electron chi connectivity index (χ0n) is 17.1. The van der Waals surface area contributed by atoms with Gasteiger partial charge in [0.2, 0.25) is 0 Å². The first-order chi connectivity index (χ1) is 12.6. The van der Waals surface area contributed by atoms with Crippen molar-refractivity contribution >= 4 is 22.5 Å². The monoisotopic (exact) mass is 382 g/mol. The molecule has 0 aliphatic heterocycles. The van der Waals surface area contributed by atoms with E-state index in [4.69, 9.17) is 11.6 Å². The summed E-state index contributed by atoms with van der Waals surface area (Å²) < 4.78 is 2.34. The summed E-state index contributed by atoms with van der Waals surface area (Å²) in [5.74, 6) is 0. The van der Waals surface area contributed by atoms with Gasteiger partial charge in [-0.15, -0.1) is 0 Å². The molecule has 27 heavy (non-hydrogen) atoms. The minimum absolute atomic E-state index is 0.0949. The quantitative estimate of drug-likeness (QED) is 0.505. The molecule has 0 bridgehead atoms. The summed E-state index contributed by atoms with van der Waals surface area (Å²) in [4.78, 5) is 0. The Bertz CT molecular complexity index is 898. The number of benzene rings is 2. The number of para-hydroxylation sites is 1. The predicted octanol–water partition coefficient (Wildman–Crippen LogP) is 6.65. The predicted molar refractivity (Wildman–Crippen MR) is 117 cm³/mol. The van der Waals surface area contributed by atoms with Crippen LogP contribution in [-0.2, 0) is 13.1 Å². The third kappa shape index (κ3) is 5.37. The molecule has 1 heterocycles. The maximum Gasteiger partial charge on any atom is 0.0486 e. The number of rotatable bonds is 6. The van der Waals surface area contributed by atoms with Crippen molar-refractivity contribution in [3.05, 3.63) is 70.9 Å². The van der Waals surface area contributed by atoms with Crippen LogP contribution in [0.1, 0.15) is 52.2 Å². The molecular formula is C24H31ClN2. The lowest BCUT2D eigenvalue weighted by Gasteiger charge is -2.33. The van der Waals surface area contributed by atoms with Gasteiger partial charge in [0.25, 0.3) is 0 Å². The zero-order chi connectivity index (χ0) is 19.7. The van der Waals surface area contributed by atoms with Gasteiger partial charge in [-0.2, -0.15) is 0 Å². The summed E-state index contributed by atoms with van der Waals surface area (Å²) in [6.07, 6.45) is 3.42. The Morgan fingerprint density at radius 1 is 0.926 bits per heavy atom. The minimum atomic E-state index is 0.0949. The van der Waals surface area contributed by atoms with Crippen molar-refractivity contribution in [2.24, 2.45) is 5.41 Å². The molecule has 0 spiro atoms. The van der Waals surface area contributed by atoms with Gasteiger partial charge in [0.05, 0.1) is 0 Å². The second-order valence-corrected chi connectivity index (χ2v) is 9.84. The summed E-state index contributed by atoms with van der Waals surface area (Å²) in [6, 6.07) is 16.8. The topological polar surface area (TPSA) is 17.0 Å². The van der Waals surface area contributed by atoms with Crippen molar-refractivity contribution in [1.82, 2.24) is 9.88 Å². The SMILES string of the molecule is CC(C)(C)CC(C)(C)NCc1cn(Cc2ccc(Cl)cc2)c2ccccc12. The number of hydrogen-bond donors (Lipinski definition) is 1. The molecule has 0 unspecified atom stereocenters. The van der Waals surface area contributed by atoms with Crippen LogP contribution in [0.5, 0.6) is 0 Å². The van der Waals surface area contributed by atoms with E-state index in [-0.39, 0.29) is 5.54 Å². The van der Waals surface area contributed by atoms with E-state index in [0.717, 1.165) is 24.5 Å². The lowest BCUT2D eigenvalue weighted by molar-refractivity contribution is 0.241. The van der Waals surface area contributed by atoms with Crippen molar-refractivity contribution in [3.8, 4) is 0 Å². The van der Waals surface area contributed by atoms with E-state index in [9.17, 15) is 0 Å². The Balaban J connectivity index is 1.83. The molecule has 3 heteroatoms. The second-order valence-electron chi connectivity index (χ2n) is 9.40. The largest absolute Gasteiger partial charge is 0.343 e. The lowest BCUT2D eigenvalue weighted by Crippen LogP contribution is -2.41. The van der Waals surface area contributed by atoms with E-state index >= 15 is 0 Å². The average Bonchev–Trinajstić information content (AvgIpc) is 2.91. The second kappa shape index (κ2) is 7.69. The summed E-state index contributed by atoms with van der Waals surface area (Å²) in [5, 5.41) is 5.88. The fourth-order valence-electron chi connectivity index (χ4n) is 4.10. The van der Waals surface area contributed by atoms with E-state index in [1.807, 2.05) is 12.1 Å². The minimum Gasteiger partial charge on any atom is -0.343 e. The first-order valence-electron chi connectivity index (χ1n) is 9.69. The number of nitrogens with zero attached hydrogens (tertiary/aromatic N) is 1. The summed E-state index contributed by atoms with van der Waals surface area (Å²) in [6.45, 7) is 13.2. The highest BCUT2D eigenvalue weighted by Crippen LogP contribution is 2.28. The van der Waals surface area contributed by atoms with Crippen molar-refractivity contribution < 1.29 is 0 Å². The molecule has 1 aromatic heterocycles. The molecule has 0 saturated carbocycles. The van der Waals surface area contributed by atoms with Gasteiger partial charge >= 0.3 is 0 Å². The molecule has 0 aliphatic rings. The molecular weight excluding hydrogens is 352 g/mol. The molecule has 0 amide bonds. The van der Waals surface area contributed by atoms with Crippen LogP contribution < -0.4 is 5.32 Å². The Hall–Kier alpha value is -1.77. The van der Waals surface area contributed by atoms with E-state index in [2.05, 4.69) is 87.1 Å². The smallest absolute Gasteiger partial charge is 0.0486 e. The van der Waals surface area contributed by atoms with E-state index in [1.165, 1.54) is 22.0 Å². The van der Waals surface area contributed by atoms with Gasteiger partial charge in [-0.05, 0) is 55.0 Å². The van der Waals surface area contributed by atoms with Crippen LogP contribution in [-0.4, -0.2) is 10.1 Å². The molecule has 3 rings (SSSR count). The maximum absolute atomic E-state index is 6.03. The highest BCUT2D eigenvalue weighted by atomic mass is 35.5. The van der Waals surface area contributed by atoms with Crippen LogP contribution in [0.4, 0.5) is 0 Å². The van der Waals surface area contributed by atoms with E-state index in [1.54, 1.807) is 0 Å². The number of fused-ring (bicyclic) bond motifs is 1. The van der Waals surface area contributed by atoms with Gasteiger partial charge < -0.3 is 9.88 Å². The molecule has 0 aliphatic carbocycles. The molecule has 1 N–H and O–H groups in total. The fraction of sp³-hybridized carbons (Fsp3) is 0.417. The molecule has 0 fully saturated rings. The molecule has 3 aromatic rings. The van der Waals surface area contributed by atoms with Gasteiger partial charge in [0.15, 0.2) is 0 Å². The summed E-state index contributed by atoms with van der Waals surface area (Å²) in [7, 11) is 0. The van der Waals surface area contributed by atoms with Gasteiger partial charge in [0.1, 0.15) is 0 Å². The van der Waals surface area contributed by atoms with Crippen molar-refractivity contribution in [2.45, 2.75) is 59.7 Å². The number of halogens is 1. The first kappa shape index (κ1) is 20.0. The van der Waals surface area contributed by atoms with Crippen LogP contribution in [0.2, 0.25) is 5.02 Å². The normalized spacial score (nSPS) is 12.7. The highest BCUT2D eigenvalue weighted by molar-refractivity contribution is 6.30. The summed E-state index contributed by atoms with van der Waals surface area (Å²) >= 11 is 6.03. The lowest BCUT2D eigenvalue weighted by atomic mass is 9.82. The Morgan fingerprint density at radius 3 is 2.26 bits per heavy atom. The number of nitrogens with one attached hydrogen (secondary N) is 1. The number of hydrogen-bond acceptors (Lipinski definition) is 1. The third-order valence-electron chi connectivity index (χ3n) is 4.87. The maximum atomic E-state index is 6.03. The Morgan fingerprint density at radius 2 is 1.59 bits per heavy atom. The number of aromatic nitrogens is 1. The Labute approximate surface area is 168 Å². The molecule has 0 atom stereocenters. The average molecular weight is 383 g/mol. The van der Waals surface area contributed by atoms with Crippen LogP contribution in [0, 0.1) is 5.41 Å². The first-order valence-corrected chi connectivity index (χ1v) is 10.1. The fourth-order valence-corrected chi connectivity index (χ4v) is 4.23. The van der Waals surface area contributed by atoms with Crippen molar-refractivity contribution in [3.63, 3.8) is 0 Å². The standard InChI is InChI=1S/C24H31ClN2/c1-23(2,3)17-24(4,5)26-14-19-16-27(22-9-7-6-8-21(19)22)15-18-10-12-20(25)13-11-18/h6-13,16,26H,14-15,17H2,1-5H3. The molecule has 0 radical (unpaired) electrons. The van der Waals surface area contributed by atoms with Crippen LogP contribution in [0.25, 0.3) is 10.9 Å².